The van der Waals surface area contributed by atoms with Gasteiger partial charge in [-0.25, -0.2) is 0 Å². The summed E-state index contributed by atoms with van der Waals surface area (Å²) < 4.78 is 67.9. The Morgan fingerprint density at radius 2 is 1.96 bits per heavy atom. The van der Waals surface area contributed by atoms with Crippen LogP contribution in [0.5, 0.6) is 5.75 Å². The number of esters is 1. The summed E-state index contributed by atoms with van der Waals surface area (Å²) in [4.78, 5) is 23.8. The van der Waals surface area contributed by atoms with E-state index in [-0.39, 0.29) is 36.4 Å². The van der Waals surface area contributed by atoms with E-state index in [1.54, 1.807) is 6.92 Å². The second-order valence-electron chi connectivity index (χ2n) is 5.08. The smallest absolute Gasteiger partial charge is 0.466 e. The highest BCUT2D eigenvalue weighted by molar-refractivity contribution is 7.88. The maximum atomic E-state index is 12.3. The minimum atomic E-state index is -5.81. The number of benzene rings is 1. The molecule has 0 bridgehead atoms. The fraction of sp³-hybridized carbons (Fsp3) is 0.429. The molecule has 0 radical (unpaired) electrons. The summed E-state index contributed by atoms with van der Waals surface area (Å²) in [5, 5.41) is 0. The Morgan fingerprint density at radius 3 is 2.54 bits per heavy atom. The van der Waals surface area contributed by atoms with Gasteiger partial charge in [0.2, 0.25) is 0 Å². The topological polar surface area (TPSA) is 86.7 Å². The van der Waals surface area contributed by atoms with Crippen LogP contribution in [0.4, 0.5) is 13.2 Å². The first kappa shape index (κ1) is 18.2. The van der Waals surface area contributed by atoms with Gasteiger partial charge in [0.05, 0.1) is 12.5 Å². The highest BCUT2D eigenvalue weighted by atomic mass is 32.2. The molecule has 1 unspecified atom stereocenters. The van der Waals surface area contributed by atoms with Gasteiger partial charge in [0, 0.05) is 12.0 Å². The van der Waals surface area contributed by atoms with Gasteiger partial charge in [0.15, 0.2) is 5.78 Å². The minimum absolute atomic E-state index is 0.0448. The van der Waals surface area contributed by atoms with Crippen molar-refractivity contribution in [3.8, 4) is 5.75 Å². The average molecular weight is 366 g/mol. The first-order valence-corrected chi connectivity index (χ1v) is 8.29. The number of fused-ring (bicyclic) bond motifs is 1. The molecule has 0 aromatic heterocycles. The predicted octanol–water partition coefficient (Wildman–Crippen LogP) is 2.22. The van der Waals surface area contributed by atoms with Gasteiger partial charge < -0.3 is 8.92 Å². The summed E-state index contributed by atoms with van der Waals surface area (Å²) in [6, 6.07) is 3.16. The maximum Gasteiger partial charge on any atom is 0.534 e. The molecule has 0 N–H and O–H groups in total. The van der Waals surface area contributed by atoms with E-state index < -0.39 is 33.3 Å². The summed E-state index contributed by atoms with van der Waals surface area (Å²) in [7, 11) is -5.81. The molecule has 0 fully saturated rings. The van der Waals surface area contributed by atoms with Gasteiger partial charge in [-0.3, -0.25) is 9.59 Å². The third kappa shape index (κ3) is 3.69. The third-order valence-corrected chi connectivity index (χ3v) is 4.36. The quantitative estimate of drug-likeness (QED) is 0.461. The molecular weight excluding hydrogens is 353 g/mol. The van der Waals surface area contributed by atoms with Crippen molar-refractivity contribution in [2.75, 3.05) is 6.61 Å². The number of hydrogen-bond donors (Lipinski definition) is 0. The number of ether oxygens (including phenoxy) is 1. The minimum Gasteiger partial charge on any atom is -0.466 e. The van der Waals surface area contributed by atoms with Crippen molar-refractivity contribution in [1.82, 2.24) is 0 Å². The lowest BCUT2D eigenvalue weighted by Crippen LogP contribution is -2.29. The Labute approximate surface area is 135 Å². The summed E-state index contributed by atoms with van der Waals surface area (Å²) in [5.74, 6) is -2.31. The molecule has 6 nitrogen and oxygen atoms in total. The standard InChI is InChI=1S/C14H13F3O6S/c1-2-22-13(19)9-5-8-6-10(3-4-11(8)12(18)7-9)23-24(20,21)14(15,16)17/h3-4,6,9H,2,5,7H2,1H3. The molecule has 1 aliphatic carbocycles. The number of rotatable bonds is 4. The van der Waals surface area contributed by atoms with E-state index in [1.165, 1.54) is 6.07 Å². The second kappa shape index (κ2) is 6.42. The number of carbonyl (C=O) groups excluding carboxylic acids is 2. The van der Waals surface area contributed by atoms with Gasteiger partial charge in [-0.15, -0.1) is 0 Å². The van der Waals surface area contributed by atoms with Gasteiger partial charge in [-0.1, -0.05) is 0 Å². The van der Waals surface area contributed by atoms with Gasteiger partial charge in [0.1, 0.15) is 5.75 Å². The van der Waals surface area contributed by atoms with Crippen LogP contribution in [0.25, 0.3) is 0 Å². The number of alkyl halides is 3. The molecule has 1 aliphatic rings. The monoisotopic (exact) mass is 366 g/mol. The van der Waals surface area contributed by atoms with Crippen LogP contribution in [-0.2, 0) is 26.1 Å². The van der Waals surface area contributed by atoms with Gasteiger partial charge in [-0.05, 0) is 37.1 Å². The molecule has 0 aliphatic heterocycles. The molecule has 132 valence electrons. The number of Topliss-reactive ketones (excluding diaryl/α,β-unsaturated/α-hetero) is 1. The van der Waals surface area contributed by atoms with Crippen LogP contribution in [0.1, 0.15) is 29.3 Å². The van der Waals surface area contributed by atoms with Crippen molar-refractivity contribution in [1.29, 1.82) is 0 Å². The maximum absolute atomic E-state index is 12.3. The Kier molecular flexibility index (Phi) is 4.88. The Morgan fingerprint density at radius 1 is 1.29 bits per heavy atom. The first-order valence-electron chi connectivity index (χ1n) is 6.88. The largest absolute Gasteiger partial charge is 0.534 e. The molecule has 0 heterocycles. The number of ketones is 1. The van der Waals surface area contributed by atoms with E-state index in [9.17, 15) is 31.2 Å². The SMILES string of the molecule is CCOC(=O)C1CC(=O)c2ccc(OS(=O)(=O)C(F)(F)F)cc2C1. The van der Waals surface area contributed by atoms with E-state index in [4.69, 9.17) is 4.74 Å². The summed E-state index contributed by atoms with van der Waals surface area (Å²) >= 11 is 0. The summed E-state index contributed by atoms with van der Waals surface area (Å²) in [6.07, 6.45) is -0.0317. The van der Waals surface area contributed by atoms with Crippen molar-refractivity contribution in [2.45, 2.75) is 25.3 Å². The molecule has 0 amide bonds. The van der Waals surface area contributed by atoms with E-state index >= 15 is 0 Å². The van der Waals surface area contributed by atoms with Crippen LogP contribution in [0.2, 0.25) is 0 Å². The van der Waals surface area contributed by atoms with Crippen molar-refractivity contribution in [3.05, 3.63) is 29.3 Å². The van der Waals surface area contributed by atoms with Crippen LogP contribution in [0, 0.1) is 5.92 Å². The highest BCUT2D eigenvalue weighted by Gasteiger charge is 2.48. The molecule has 0 spiro atoms. The van der Waals surface area contributed by atoms with Gasteiger partial charge >= 0.3 is 21.6 Å². The van der Waals surface area contributed by atoms with Crippen molar-refractivity contribution in [3.63, 3.8) is 0 Å². The van der Waals surface area contributed by atoms with Crippen LogP contribution in [0.15, 0.2) is 18.2 Å². The third-order valence-electron chi connectivity index (χ3n) is 3.38. The Hall–Kier alpha value is -2.10. The Balaban J connectivity index is 2.29. The molecule has 1 atom stereocenters. The zero-order valence-electron chi connectivity index (χ0n) is 12.4. The lowest BCUT2D eigenvalue weighted by Gasteiger charge is -2.22. The van der Waals surface area contributed by atoms with Crippen molar-refractivity contribution >= 4 is 21.9 Å². The first-order chi connectivity index (χ1) is 11.0. The lowest BCUT2D eigenvalue weighted by atomic mass is 9.83. The van der Waals surface area contributed by atoms with Crippen LogP contribution in [-0.4, -0.2) is 32.3 Å². The fourth-order valence-corrected chi connectivity index (χ4v) is 2.79. The molecule has 0 saturated carbocycles. The van der Waals surface area contributed by atoms with Crippen molar-refractivity contribution < 1.29 is 40.1 Å². The lowest BCUT2D eigenvalue weighted by molar-refractivity contribution is -0.148. The number of carbonyl (C=O) groups is 2. The molecular formula is C14H13F3O6S. The van der Waals surface area contributed by atoms with Crippen LogP contribution in [0.3, 0.4) is 0 Å². The van der Waals surface area contributed by atoms with E-state index in [0.29, 0.717) is 0 Å². The molecule has 24 heavy (non-hydrogen) atoms. The summed E-state index contributed by atoms with van der Waals surface area (Å²) in [6.45, 7) is 1.73. The van der Waals surface area contributed by atoms with Gasteiger partial charge in [-0.2, -0.15) is 21.6 Å². The van der Waals surface area contributed by atoms with E-state index in [1.807, 2.05) is 0 Å². The van der Waals surface area contributed by atoms with Crippen LogP contribution >= 0.6 is 0 Å². The number of halogens is 3. The van der Waals surface area contributed by atoms with E-state index in [0.717, 1.165) is 12.1 Å². The van der Waals surface area contributed by atoms with E-state index in [2.05, 4.69) is 4.18 Å². The van der Waals surface area contributed by atoms with Crippen LogP contribution < -0.4 is 4.18 Å². The molecule has 0 saturated heterocycles. The van der Waals surface area contributed by atoms with Gasteiger partial charge in [0.25, 0.3) is 0 Å². The molecule has 2 rings (SSSR count). The van der Waals surface area contributed by atoms with Crippen molar-refractivity contribution in [2.24, 2.45) is 5.92 Å². The molecule has 1 aromatic carbocycles. The Bertz CT molecular complexity index is 769. The molecule has 1 aromatic rings. The number of hydrogen-bond acceptors (Lipinski definition) is 6. The molecule has 10 heteroatoms. The highest BCUT2D eigenvalue weighted by Crippen LogP contribution is 2.32. The predicted molar refractivity (Wildman–Crippen MR) is 74.8 cm³/mol. The average Bonchev–Trinajstić information content (AvgIpc) is 2.45. The second-order valence-corrected chi connectivity index (χ2v) is 6.62. The zero-order valence-corrected chi connectivity index (χ0v) is 13.2. The normalized spacial score (nSPS) is 18.0. The zero-order chi connectivity index (χ0) is 18.1. The summed E-state index contributed by atoms with van der Waals surface area (Å²) in [5.41, 5.74) is -5.11. The fourth-order valence-electron chi connectivity index (χ4n) is 2.33.